The highest BCUT2D eigenvalue weighted by molar-refractivity contribution is 5.76. The van der Waals surface area contributed by atoms with Crippen LogP contribution >= 0.6 is 0 Å². The molecular formula is C68H131NO5. The van der Waals surface area contributed by atoms with Crippen molar-refractivity contribution >= 4 is 11.9 Å². The Balaban J connectivity index is 3.44. The fourth-order valence-electron chi connectivity index (χ4n) is 10.6. The molecule has 0 aliphatic heterocycles. The van der Waals surface area contributed by atoms with Crippen LogP contribution in [0.1, 0.15) is 373 Å². The quantitative estimate of drug-likeness (QED) is 0.0320. The van der Waals surface area contributed by atoms with Gasteiger partial charge in [-0.3, -0.25) is 9.59 Å². The molecule has 0 aliphatic rings. The molecular weight excluding hydrogens is 911 g/mol. The van der Waals surface area contributed by atoms with E-state index in [1.54, 1.807) is 0 Å². The van der Waals surface area contributed by atoms with Gasteiger partial charge < -0.3 is 20.3 Å². The van der Waals surface area contributed by atoms with Crippen LogP contribution in [0.4, 0.5) is 0 Å². The Morgan fingerprint density at radius 3 is 0.959 bits per heavy atom. The summed E-state index contributed by atoms with van der Waals surface area (Å²) >= 11 is 0. The van der Waals surface area contributed by atoms with Gasteiger partial charge in [0.2, 0.25) is 5.91 Å². The summed E-state index contributed by atoms with van der Waals surface area (Å²) in [6.45, 7) is 4.96. The number of aliphatic hydroxyl groups is 2. The molecule has 0 spiro atoms. The molecule has 2 unspecified atom stereocenters. The second-order valence-electron chi connectivity index (χ2n) is 23.1. The minimum Gasteiger partial charge on any atom is -0.466 e. The first-order valence-electron chi connectivity index (χ1n) is 33.6. The molecule has 2 atom stereocenters. The molecule has 6 nitrogen and oxygen atoms in total. The maximum Gasteiger partial charge on any atom is 0.305 e. The lowest BCUT2D eigenvalue weighted by atomic mass is 10.0. The number of carbonyl (C=O) groups excluding carboxylic acids is 2. The molecule has 0 aromatic carbocycles. The third-order valence-electron chi connectivity index (χ3n) is 15.7. The minimum atomic E-state index is -0.676. The summed E-state index contributed by atoms with van der Waals surface area (Å²) in [4.78, 5) is 24.6. The number of esters is 1. The third kappa shape index (κ3) is 59.6. The zero-order valence-corrected chi connectivity index (χ0v) is 50.1. The standard InChI is InChI=1S/C68H131NO5/c1-3-5-7-9-11-13-15-17-19-21-23-24-25-27-28-32-36-40-44-48-52-56-60-66(71)65(64-70)69-67(72)61-57-53-49-45-41-37-33-30-31-35-39-43-47-51-55-59-63-74-68(73)62-58-54-50-46-42-38-34-29-26-22-20-18-16-14-12-10-8-6-4-2/h18,20,30,33,65-66,70-71H,3-17,19,21-29,31-32,34-64H2,1-2H3,(H,69,72)/b20-18-,33-30-. The van der Waals surface area contributed by atoms with Crippen molar-refractivity contribution in [2.75, 3.05) is 13.2 Å². The van der Waals surface area contributed by atoms with E-state index in [9.17, 15) is 19.8 Å². The van der Waals surface area contributed by atoms with E-state index in [0.29, 0.717) is 25.9 Å². The van der Waals surface area contributed by atoms with Crippen molar-refractivity contribution in [1.82, 2.24) is 5.32 Å². The Bertz CT molecular complexity index is 1150. The van der Waals surface area contributed by atoms with Gasteiger partial charge in [-0.1, -0.05) is 308 Å². The van der Waals surface area contributed by atoms with E-state index >= 15 is 0 Å². The Morgan fingerprint density at radius 2 is 0.635 bits per heavy atom. The van der Waals surface area contributed by atoms with Crippen molar-refractivity contribution in [3.8, 4) is 0 Å². The monoisotopic (exact) mass is 1040 g/mol. The van der Waals surface area contributed by atoms with Crippen LogP contribution in [0.25, 0.3) is 0 Å². The van der Waals surface area contributed by atoms with Gasteiger partial charge in [0.25, 0.3) is 0 Å². The summed E-state index contributed by atoms with van der Waals surface area (Å²) in [5, 5.41) is 23.4. The maximum absolute atomic E-state index is 12.5. The lowest BCUT2D eigenvalue weighted by Gasteiger charge is -2.22. The van der Waals surface area contributed by atoms with Crippen molar-refractivity contribution in [3.63, 3.8) is 0 Å². The van der Waals surface area contributed by atoms with E-state index in [1.165, 1.54) is 276 Å². The number of nitrogens with one attached hydrogen (secondary N) is 1. The molecule has 0 aromatic heterocycles. The maximum atomic E-state index is 12.5. The lowest BCUT2D eigenvalue weighted by molar-refractivity contribution is -0.143. The smallest absolute Gasteiger partial charge is 0.305 e. The summed E-state index contributed by atoms with van der Waals surface area (Å²) in [6, 6.07) is -0.555. The van der Waals surface area contributed by atoms with Crippen LogP contribution in [-0.2, 0) is 14.3 Å². The molecule has 1 amide bonds. The van der Waals surface area contributed by atoms with Crippen molar-refractivity contribution in [1.29, 1.82) is 0 Å². The van der Waals surface area contributed by atoms with Crippen LogP contribution < -0.4 is 5.32 Å². The van der Waals surface area contributed by atoms with E-state index < -0.39 is 12.1 Å². The molecule has 0 heterocycles. The van der Waals surface area contributed by atoms with Gasteiger partial charge in [0.15, 0.2) is 0 Å². The summed E-state index contributed by atoms with van der Waals surface area (Å²) in [7, 11) is 0. The van der Waals surface area contributed by atoms with Gasteiger partial charge >= 0.3 is 5.97 Å². The average Bonchev–Trinajstić information content (AvgIpc) is 3.40. The highest BCUT2D eigenvalue weighted by Gasteiger charge is 2.20. The fourth-order valence-corrected chi connectivity index (χ4v) is 10.6. The van der Waals surface area contributed by atoms with Crippen molar-refractivity contribution in [2.24, 2.45) is 0 Å². The van der Waals surface area contributed by atoms with E-state index in [1.807, 2.05) is 0 Å². The molecule has 0 fully saturated rings. The van der Waals surface area contributed by atoms with E-state index in [2.05, 4.69) is 43.5 Å². The minimum absolute atomic E-state index is 0.00216. The summed E-state index contributed by atoms with van der Waals surface area (Å²) in [6.07, 6.45) is 79.1. The molecule has 0 rings (SSSR count). The first-order chi connectivity index (χ1) is 36.5. The zero-order chi connectivity index (χ0) is 53.6. The Hall–Kier alpha value is -1.66. The molecule has 0 radical (unpaired) electrons. The molecule has 438 valence electrons. The van der Waals surface area contributed by atoms with Gasteiger partial charge in [0, 0.05) is 12.8 Å². The largest absolute Gasteiger partial charge is 0.466 e. The van der Waals surface area contributed by atoms with Gasteiger partial charge in [0.1, 0.15) is 0 Å². The Labute approximate surface area is 462 Å². The average molecular weight is 1040 g/mol. The predicted molar refractivity (Wildman–Crippen MR) is 324 cm³/mol. The van der Waals surface area contributed by atoms with E-state index in [-0.39, 0.29) is 18.5 Å². The van der Waals surface area contributed by atoms with Crippen LogP contribution in [0.15, 0.2) is 24.3 Å². The first-order valence-corrected chi connectivity index (χ1v) is 33.6. The second-order valence-corrected chi connectivity index (χ2v) is 23.1. The van der Waals surface area contributed by atoms with Gasteiger partial charge in [0.05, 0.1) is 25.4 Å². The molecule has 0 aromatic rings. The molecule has 6 heteroatoms. The van der Waals surface area contributed by atoms with Gasteiger partial charge in [-0.25, -0.2) is 0 Å². The van der Waals surface area contributed by atoms with Gasteiger partial charge in [-0.15, -0.1) is 0 Å². The number of allylic oxidation sites excluding steroid dienone is 4. The Kier molecular flexibility index (Phi) is 62.4. The van der Waals surface area contributed by atoms with E-state index in [4.69, 9.17) is 4.74 Å². The molecule has 0 aliphatic carbocycles. The van der Waals surface area contributed by atoms with Crippen molar-refractivity contribution < 1.29 is 24.5 Å². The molecule has 0 saturated heterocycles. The zero-order valence-electron chi connectivity index (χ0n) is 50.1. The third-order valence-corrected chi connectivity index (χ3v) is 15.7. The van der Waals surface area contributed by atoms with E-state index in [0.717, 1.165) is 64.2 Å². The topological polar surface area (TPSA) is 95.9 Å². The molecule has 74 heavy (non-hydrogen) atoms. The van der Waals surface area contributed by atoms with Gasteiger partial charge in [-0.05, 0) is 77.0 Å². The highest BCUT2D eigenvalue weighted by atomic mass is 16.5. The number of amides is 1. The second kappa shape index (κ2) is 63.9. The number of unbranched alkanes of at least 4 members (excludes halogenated alkanes) is 48. The number of ether oxygens (including phenoxy) is 1. The van der Waals surface area contributed by atoms with Crippen molar-refractivity contribution in [2.45, 2.75) is 386 Å². The van der Waals surface area contributed by atoms with Crippen LogP contribution in [0.3, 0.4) is 0 Å². The fraction of sp³-hybridized carbons (Fsp3) is 0.912. The SMILES string of the molecule is CCCCCCCC/C=C\CCCCCCCCCCCC(=O)OCCCCCCCCC/C=C\CCCCCCCC(=O)NC(CO)C(O)CCCCCCCCCCCCCCCCCCCCCCCC. The number of carbonyl (C=O) groups is 2. The molecule has 0 saturated carbocycles. The van der Waals surface area contributed by atoms with Crippen LogP contribution in [0.2, 0.25) is 0 Å². The number of aliphatic hydroxyl groups excluding tert-OH is 2. The van der Waals surface area contributed by atoms with Crippen LogP contribution in [0, 0.1) is 0 Å². The summed E-state index contributed by atoms with van der Waals surface area (Å²) in [5.74, 6) is -0.0503. The normalized spacial score (nSPS) is 12.6. The Morgan fingerprint density at radius 1 is 0.365 bits per heavy atom. The molecule has 3 N–H and O–H groups in total. The number of hydrogen-bond acceptors (Lipinski definition) is 5. The van der Waals surface area contributed by atoms with Crippen molar-refractivity contribution in [3.05, 3.63) is 24.3 Å². The summed E-state index contributed by atoms with van der Waals surface area (Å²) < 4.78 is 5.49. The van der Waals surface area contributed by atoms with Crippen LogP contribution in [0.5, 0.6) is 0 Å². The highest BCUT2D eigenvalue weighted by Crippen LogP contribution is 2.18. The number of hydrogen-bond donors (Lipinski definition) is 3. The van der Waals surface area contributed by atoms with Gasteiger partial charge in [-0.2, -0.15) is 0 Å². The first kappa shape index (κ1) is 72.3. The summed E-state index contributed by atoms with van der Waals surface area (Å²) in [5.41, 5.74) is 0. The van der Waals surface area contributed by atoms with Crippen LogP contribution in [-0.4, -0.2) is 47.4 Å². The predicted octanol–water partition coefficient (Wildman–Crippen LogP) is 21.4. The number of rotatable bonds is 63. The molecule has 0 bridgehead atoms. The lowest BCUT2D eigenvalue weighted by Crippen LogP contribution is -2.45.